The van der Waals surface area contributed by atoms with E-state index in [2.05, 4.69) is 29.8 Å². The smallest absolute Gasteiger partial charge is 0.126 e. The second kappa shape index (κ2) is 5.62. The van der Waals surface area contributed by atoms with Crippen LogP contribution in [0.2, 0.25) is 0 Å². The van der Waals surface area contributed by atoms with E-state index in [1.54, 1.807) is 0 Å². The van der Waals surface area contributed by atoms with Crippen LogP contribution in [-0.2, 0) is 0 Å². The third-order valence-corrected chi connectivity index (χ3v) is 4.11. The minimum atomic E-state index is -0.419. The van der Waals surface area contributed by atoms with E-state index in [4.69, 9.17) is 4.74 Å². The minimum Gasteiger partial charge on any atom is -0.487 e. The van der Waals surface area contributed by atoms with Crippen molar-refractivity contribution in [1.29, 1.82) is 0 Å². The largest absolute Gasteiger partial charge is 0.487 e. The highest BCUT2D eigenvalue weighted by atomic mass is 79.9. The maximum Gasteiger partial charge on any atom is 0.126 e. The van der Waals surface area contributed by atoms with Gasteiger partial charge in [-0.1, -0.05) is 35.7 Å². The monoisotopic (exact) mass is 312 g/mol. The van der Waals surface area contributed by atoms with E-state index >= 15 is 0 Å². The summed E-state index contributed by atoms with van der Waals surface area (Å²) in [5.41, 5.74) is 0.674. The summed E-state index contributed by atoms with van der Waals surface area (Å²) in [6, 6.07) is 5.86. The summed E-state index contributed by atoms with van der Waals surface area (Å²) >= 11 is 3.43. The molecule has 0 bridgehead atoms. The predicted octanol–water partition coefficient (Wildman–Crippen LogP) is 4.60. The van der Waals surface area contributed by atoms with Crippen molar-refractivity contribution in [3.63, 3.8) is 0 Å². The molecular formula is C15H21BrO2. The van der Waals surface area contributed by atoms with Crippen molar-refractivity contribution < 1.29 is 9.84 Å². The van der Waals surface area contributed by atoms with Gasteiger partial charge in [-0.25, -0.2) is 0 Å². The molecule has 1 aromatic carbocycles. The van der Waals surface area contributed by atoms with Gasteiger partial charge in [-0.05, 0) is 38.0 Å². The van der Waals surface area contributed by atoms with Crippen molar-refractivity contribution in [1.82, 2.24) is 0 Å². The number of aliphatic hydroxyl groups is 1. The van der Waals surface area contributed by atoms with Crippen molar-refractivity contribution in [3.05, 3.63) is 28.2 Å². The molecule has 2 rings (SSSR count). The van der Waals surface area contributed by atoms with Crippen LogP contribution < -0.4 is 4.74 Å². The van der Waals surface area contributed by atoms with Crippen molar-refractivity contribution in [2.45, 2.75) is 57.7 Å². The molecule has 0 fully saturated rings. The molecule has 0 spiro atoms. The molecule has 1 heterocycles. The van der Waals surface area contributed by atoms with Gasteiger partial charge in [-0.3, -0.25) is 0 Å². The first-order chi connectivity index (χ1) is 8.54. The van der Waals surface area contributed by atoms with Gasteiger partial charge in [0.25, 0.3) is 0 Å². The molecule has 0 radical (unpaired) electrons. The van der Waals surface area contributed by atoms with Gasteiger partial charge in [0.15, 0.2) is 0 Å². The Kier molecular flexibility index (Phi) is 4.33. The zero-order chi connectivity index (χ0) is 13.2. The topological polar surface area (TPSA) is 29.5 Å². The zero-order valence-electron chi connectivity index (χ0n) is 11.1. The Morgan fingerprint density at radius 1 is 1.44 bits per heavy atom. The number of hydrogen-bond acceptors (Lipinski definition) is 2. The van der Waals surface area contributed by atoms with Crippen molar-refractivity contribution in [2.75, 3.05) is 0 Å². The number of halogens is 1. The Balaban J connectivity index is 2.14. The van der Waals surface area contributed by atoms with Crippen LogP contribution in [0.5, 0.6) is 5.75 Å². The highest BCUT2D eigenvalue weighted by Gasteiger charge is 2.36. The molecule has 2 atom stereocenters. The van der Waals surface area contributed by atoms with Gasteiger partial charge in [0.1, 0.15) is 11.4 Å². The first-order valence-electron chi connectivity index (χ1n) is 6.70. The van der Waals surface area contributed by atoms with Crippen LogP contribution in [0.4, 0.5) is 0 Å². The van der Waals surface area contributed by atoms with Gasteiger partial charge < -0.3 is 9.84 Å². The second-order valence-electron chi connectivity index (χ2n) is 5.41. The highest BCUT2D eigenvalue weighted by Crippen LogP contribution is 2.42. The summed E-state index contributed by atoms with van der Waals surface area (Å²) in [6.45, 7) is 4.31. The Labute approximate surface area is 117 Å². The lowest BCUT2D eigenvalue weighted by Crippen LogP contribution is -2.38. The Hall–Kier alpha value is -0.540. The van der Waals surface area contributed by atoms with Gasteiger partial charge in [-0.2, -0.15) is 0 Å². The van der Waals surface area contributed by atoms with Crippen LogP contribution in [0.15, 0.2) is 22.7 Å². The molecule has 3 heteroatoms. The van der Waals surface area contributed by atoms with Gasteiger partial charge in [-0.15, -0.1) is 0 Å². The first kappa shape index (κ1) is 13.9. The van der Waals surface area contributed by atoms with Crippen LogP contribution in [0.3, 0.4) is 0 Å². The summed E-state index contributed by atoms with van der Waals surface area (Å²) in [5, 5.41) is 10.3. The lowest BCUT2D eigenvalue weighted by molar-refractivity contribution is -0.00847. The van der Waals surface area contributed by atoms with Crippen molar-refractivity contribution in [2.24, 2.45) is 0 Å². The molecule has 1 N–H and O–H groups in total. The van der Waals surface area contributed by atoms with Crippen LogP contribution in [0, 0.1) is 0 Å². The van der Waals surface area contributed by atoms with Gasteiger partial charge in [0.2, 0.25) is 0 Å². The van der Waals surface area contributed by atoms with E-state index in [-0.39, 0.29) is 5.60 Å². The lowest BCUT2D eigenvalue weighted by Gasteiger charge is -2.38. The summed E-state index contributed by atoms with van der Waals surface area (Å²) in [5.74, 6) is 0.830. The molecule has 1 aliphatic heterocycles. The average Bonchev–Trinajstić information content (AvgIpc) is 2.31. The maximum atomic E-state index is 10.3. The minimum absolute atomic E-state index is 0.227. The van der Waals surface area contributed by atoms with E-state index in [1.807, 2.05) is 18.2 Å². The third kappa shape index (κ3) is 3.07. The number of fused-ring (bicyclic) bond motifs is 1. The van der Waals surface area contributed by atoms with E-state index in [0.29, 0.717) is 6.42 Å². The molecule has 1 aliphatic rings. The fourth-order valence-electron chi connectivity index (χ4n) is 2.60. The second-order valence-corrected chi connectivity index (χ2v) is 6.33. The van der Waals surface area contributed by atoms with Crippen LogP contribution in [-0.4, -0.2) is 10.7 Å². The van der Waals surface area contributed by atoms with E-state index in [0.717, 1.165) is 28.6 Å². The Morgan fingerprint density at radius 2 is 2.22 bits per heavy atom. The maximum absolute atomic E-state index is 10.3. The van der Waals surface area contributed by atoms with E-state index in [9.17, 15) is 5.11 Å². The molecule has 18 heavy (non-hydrogen) atoms. The van der Waals surface area contributed by atoms with Gasteiger partial charge >= 0.3 is 0 Å². The van der Waals surface area contributed by atoms with Gasteiger partial charge in [0, 0.05) is 16.5 Å². The van der Waals surface area contributed by atoms with E-state index < -0.39 is 6.10 Å². The molecule has 0 saturated heterocycles. The molecular weight excluding hydrogens is 292 g/mol. The predicted molar refractivity (Wildman–Crippen MR) is 76.9 cm³/mol. The number of hydrogen-bond donors (Lipinski definition) is 1. The highest BCUT2D eigenvalue weighted by molar-refractivity contribution is 9.10. The number of aliphatic hydroxyl groups excluding tert-OH is 1. The summed E-state index contributed by atoms with van der Waals surface area (Å²) in [4.78, 5) is 0. The van der Waals surface area contributed by atoms with Crippen LogP contribution >= 0.6 is 15.9 Å². The number of ether oxygens (including phenoxy) is 1. The lowest BCUT2D eigenvalue weighted by atomic mass is 9.86. The molecule has 2 nitrogen and oxygen atoms in total. The molecule has 0 aliphatic carbocycles. The van der Waals surface area contributed by atoms with E-state index in [1.165, 1.54) is 12.8 Å². The summed E-state index contributed by atoms with van der Waals surface area (Å²) in [6.07, 6.45) is 4.86. The summed E-state index contributed by atoms with van der Waals surface area (Å²) < 4.78 is 7.10. The van der Waals surface area contributed by atoms with Crippen molar-refractivity contribution >= 4 is 15.9 Å². The molecule has 2 unspecified atom stereocenters. The average molecular weight is 313 g/mol. The number of benzene rings is 1. The summed E-state index contributed by atoms with van der Waals surface area (Å²) in [7, 11) is 0. The van der Waals surface area contributed by atoms with Gasteiger partial charge in [0.05, 0.1) is 6.10 Å². The number of rotatable bonds is 4. The van der Waals surface area contributed by atoms with Crippen LogP contribution in [0.25, 0.3) is 0 Å². The Morgan fingerprint density at radius 3 is 2.94 bits per heavy atom. The molecule has 1 aromatic rings. The molecule has 0 saturated carbocycles. The zero-order valence-corrected chi connectivity index (χ0v) is 12.7. The normalized spacial score (nSPS) is 26.6. The number of unbranched alkanes of at least 4 members (excludes halogenated alkanes) is 2. The Bertz CT molecular complexity index is 419. The molecule has 0 aromatic heterocycles. The van der Waals surface area contributed by atoms with Crippen LogP contribution in [0.1, 0.15) is 57.6 Å². The SMILES string of the molecule is CCCCCC1(C)CC(O)c2cc(Br)ccc2O1. The fourth-order valence-corrected chi connectivity index (χ4v) is 2.98. The molecule has 100 valence electrons. The fraction of sp³-hybridized carbons (Fsp3) is 0.600. The molecule has 0 amide bonds. The van der Waals surface area contributed by atoms with Crippen molar-refractivity contribution in [3.8, 4) is 5.75 Å². The first-order valence-corrected chi connectivity index (χ1v) is 7.50. The third-order valence-electron chi connectivity index (χ3n) is 3.62. The quantitative estimate of drug-likeness (QED) is 0.823. The standard InChI is InChI=1S/C15H21BrO2/c1-3-4-5-8-15(2)10-13(17)12-9-11(16)6-7-14(12)18-15/h6-7,9,13,17H,3-5,8,10H2,1-2H3.